The lowest BCUT2D eigenvalue weighted by atomic mass is 10.2. The lowest BCUT2D eigenvalue weighted by molar-refractivity contribution is 0.313. The van der Waals surface area contributed by atoms with Crippen molar-refractivity contribution in [2.24, 2.45) is 0 Å². The fraction of sp³-hybridized carbons (Fsp3) is 0.500. The van der Waals surface area contributed by atoms with Crippen molar-refractivity contribution >= 4 is 0 Å². The minimum atomic E-state index is 0.795. The standard InChI is InChI=1S/C12H19NO/c1-3-9-14-12-8-6-5-7-11(12)10-13-4-2/h5-8,13H,3-4,9-10H2,1-2H3. The molecule has 0 aliphatic carbocycles. The zero-order valence-corrected chi connectivity index (χ0v) is 9.05. The number of hydrogen-bond donors (Lipinski definition) is 1. The van der Waals surface area contributed by atoms with Crippen molar-refractivity contribution in [1.82, 2.24) is 5.32 Å². The Morgan fingerprint density at radius 1 is 1.21 bits per heavy atom. The van der Waals surface area contributed by atoms with Gasteiger partial charge in [-0.2, -0.15) is 0 Å². The van der Waals surface area contributed by atoms with Crippen LogP contribution in [0.5, 0.6) is 5.75 Å². The summed E-state index contributed by atoms with van der Waals surface area (Å²) in [5.41, 5.74) is 1.24. The van der Waals surface area contributed by atoms with Gasteiger partial charge >= 0.3 is 0 Å². The number of para-hydroxylation sites is 1. The Balaban J connectivity index is 2.60. The maximum atomic E-state index is 5.64. The van der Waals surface area contributed by atoms with Gasteiger partial charge in [-0.25, -0.2) is 0 Å². The highest BCUT2D eigenvalue weighted by molar-refractivity contribution is 5.33. The minimum absolute atomic E-state index is 0.795. The van der Waals surface area contributed by atoms with Crippen molar-refractivity contribution in [2.75, 3.05) is 13.2 Å². The van der Waals surface area contributed by atoms with Crippen molar-refractivity contribution in [3.8, 4) is 5.75 Å². The summed E-state index contributed by atoms with van der Waals surface area (Å²) >= 11 is 0. The van der Waals surface area contributed by atoms with Gasteiger partial charge in [-0.15, -0.1) is 0 Å². The molecule has 0 aliphatic heterocycles. The van der Waals surface area contributed by atoms with Crippen LogP contribution in [0.1, 0.15) is 25.8 Å². The molecule has 1 rings (SSSR count). The second-order valence-corrected chi connectivity index (χ2v) is 3.24. The quantitative estimate of drug-likeness (QED) is 0.749. The van der Waals surface area contributed by atoms with Crippen LogP contribution in [0.3, 0.4) is 0 Å². The third-order valence-corrected chi connectivity index (χ3v) is 2.00. The van der Waals surface area contributed by atoms with Crippen LogP contribution < -0.4 is 10.1 Å². The molecule has 14 heavy (non-hydrogen) atoms. The lowest BCUT2D eigenvalue weighted by Crippen LogP contribution is -2.12. The van der Waals surface area contributed by atoms with Gasteiger partial charge < -0.3 is 10.1 Å². The first-order valence-corrected chi connectivity index (χ1v) is 5.30. The predicted octanol–water partition coefficient (Wildman–Crippen LogP) is 2.58. The van der Waals surface area contributed by atoms with Crippen molar-refractivity contribution in [3.63, 3.8) is 0 Å². The Morgan fingerprint density at radius 2 is 2.00 bits per heavy atom. The third kappa shape index (κ3) is 3.38. The van der Waals surface area contributed by atoms with Crippen LogP contribution in [-0.2, 0) is 6.54 Å². The van der Waals surface area contributed by atoms with Gasteiger partial charge in [0.25, 0.3) is 0 Å². The fourth-order valence-corrected chi connectivity index (χ4v) is 1.26. The minimum Gasteiger partial charge on any atom is -0.493 e. The average molecular weight is 193 g/mol. The van der Waals surface area contributed by atoms with E-state index in [1.54, 1.807) is 0 Å². The molecule has 0 spiro atoms. The molecule has 2 nitrogen and oxygen atoms in total. The second-order valence-electron chi connectivity index (χ2n) is 3.24. The highest BCUT2D eigenvalue weighted by Crippen LogP contribution is 2.17. The van der Waals surface area contributed by atoms with Crippen LogP contribution in [0.25, 0.3) is 0 Å². The molecule has 2 heteroatoms. The topological polar surface area (TPSA) is 21.3 Å². The van der Waals surface area contributed by atoms with Crippen LogP contribution in [-0.4, -0.2) is 13.2 Å². The van der Waals surface area contributed by atoms with Crippen LogP contribution >= 0.6 is 0 Å². The smallest absolute Gasteiger partial charge is 0.123 e. The van der Waals surface area contributed by atoms with E-state index in [9.17, 15) is 0 Å². The molecule has 0 atom stereocenters. The van der Waals surface area contributed by atoms with Crippen molar-refractivity contribution in [1.29, 1.82) is 0 Å². The number of ether oxygens (including phenoxy) is 1. The van der Waals surface area contributed by atoms with Crippen molar-refractivity contribution in [2.45, 2.75) is 26.8 Å². The molecular formula is C12H19NO. The van der Waals surface area contributed by atoms with E-state index in [0.717, 1.165) is 31.9 Å². The second kappa shape index (κ2) is 6.44. The van der Waals surface area contributed by atoms with Crippen molar-refractivity contribution < 1.29 is 4.74 Å². The SMILES string of the molecule is CCCOc1ccccc1CNCC. The molecule has 78 valence electrons. The van der Waals surface area contributed by atoms with Gasteiger partial charge in [0.1, 0.15) is 5.75 Å². The lowest BCUT2D eigenvalue weighted by Gasteiger charge is -2.10. The maximum Gasteiger partial charge on any atom is 0.123 e. The largest absolute Gasteiger partial charge is 0.493 e. The zero-order chi connectivity index (χ0) is 10.2. The van der Waals surface area contributed by atoms with Gasteiger partial charge in [0.15, 0.2) is 0 Å². The van der Waals surface area contributed by atoms with Gasteiger partial charge in [0, 0.05) is 12.1 Å². The van der Waals surface area contributed by atoms with Crippen LogP contribution in [0.4, 0.5) is 0 Å². The van der Waals surface area contributed by atoms with E-state index in [0.29, 0.717) is 0 Å². The summed E-state index contributed by atoms with van der Waals surface area (Å²) in [5.74, 6) is 1.01. The predicted molar refractivity (Wildman–Crippen MR) is 59.6 cm³/mol. The molecule has 1 aromatic rings. The first-order valence-electron chi connectivity index (χ1n) is 5.30. The van der Waals surface area contributed by atoms with Gasteiger partial charge in [-0.05, 0) is 19.0 Å². The zero-order valence-electron chi connectivity index (χ0n) is 9.05. The summed E-state index contributed by atoms with van der Waals surface area (Å²) in [4.78, 5) is 0. The number of rotatable bonds is 6. The highest BCUT2D eigenvalue weighted by Gasteiger charge is 2.00. The molecular weight excluding hydrogens is 174 g/mol. The molecule has 0 amide bonds. The van der Waals surface area contributed by atoms with Gasteiger partial charge in [0.2, 0.25) is 0 Å². The average Bonchev–Trinajstić information content (AvgIpc) is 2.24. The molecule has 0 bridgehead atoms. The van der Waals surface area contributed by atoms with Crippen LogP contribution in [0.15, 0.2) is 24.3 Å². The number of benzene rings is 1. The van der Waals surface area contributed by atoms with Gasteiger partial charge in [-0.3, -0.25) is 0 Å². The molecule has 0 aromatic heterocycles. The Morgan fingerprint density at radius 3 is 2.71 bits per heavy atom. The van der Waals surface area contributed by atoms with Crippen LogP contribution in [0.2, 0.25) is 0 Å². The van der Waals surface area contributed by atoms with Crippen molar-refractivity contribution in [3.05, 3.63) is 29.8 Å². The first kappa shape index (κ1) is 11.1. The first-order chi connectivity index (χ1) is 6.88. The molecule has 0 saturated carbocycles. The molecule has 0 unspecified atom stereocenters. The normalized spacial score (nSPS) is 10.1. The molecule has 0 fully saturated rings. The molecule has 0 saturated heterocycles. The van der Waals surface area contributed by atoms with E-state index in [-0.39, 0.29) is 0 Å². The maximum absolute atomic E-state index is 5.64. The molecule has 0 radical (unpaired) electrons. The Labute approximate surface area is 86.3 Å². The Kier molecular flexibility index (Phi) is 5.08. The number of nitrogens with one attached hydrogen (secondary N) is 1. The Bertz CT molecular complexity index is 233. The Hall–Kier alpha value is -1.02. The summed E-state index contributed by atoms with van der Waals surface area (Å²) in [6.45, 7) is 6.89. The van der Waals surface area contributed by atoms with E-state index in [1.165, 1.54) is 5.56 Å². The van der Waals surface area contributed by atoms with Crippen LogP contribution in [0, 0.1) is 0 Å². The summed E-state index contributed by atoms with van der Waals surface area (Å²) in [6, 6.07) is 8.20. The monoisotopic (exact) mass is 193 g/mol. The molecule has 1 N–H and O–H groups in total. The third-order valence-electron chi connectivity index (χ3n) is 2.00. The van der Waals surface area contributed by atoms with Gasteiger partial charge in [-0.1, -0.05) is 32.0 Å². The van der Waals surface area contributed by atoms with Gasteiger partial charge in [0.05, 0.1) is 6.61 Å². The number of hydrogen-bond acceptors (Lipinski definition) is 2. The van der Waals surface area contributed by atoms with E-state index in [2.05, 4.69) is 25.2 Å². The summed E-state index contributed by atoms with van der Waals surface area (Å²) < 4.78 is 5.64. The summed E-state index contributed by atoms with van der Waals surface area (Å²) in [7, 11) is 0. The van der Waals surface area contributed by atoms with E-state index in [1.807, 2.05) is 18.2 Å². The summed E-state index contributed by atoms with van der Waals surface area (Å²) in [6.07, 6.45) is 1.05. The van der Waals surface area contributed by atoms with E-state index in [4.69, 9.17) is 4.74 Å². The molecule has 0 heterocycles. The molecule has 1 aromatic carbocycles. The highest BCUT2D eigenvalue weighted by atomic mass is 16.5. The summed E-state index contributed by atoms with van der Waals surface area (Å²) in [5, 5.41) is 3.30. The molecule has 0 aliphatic rings. The van der Waals surface area contributed by atoms with E-state index >= 15 is 0 Å². The fourth-order valence-electron chi connectivity index (χ4n) is 1.26. The van der Waals surface area contributed by atoms with E-state index < -0.39 is 0 Å².